The van der Waals surface area contributed by atoms with Crippen molar-refractivity contribution >= 4 is 17.9 Å². The van der Waals surface area contributed by atoms with Gasteiger partial charge in [0.05, 0.1) is 12.8 Å². The molecule has 1 aliphatic heterocycles. The second kappa shape index (κ2) is 9.21. The predicted molar refractivity (Wildman–Crippen MR) is 114 cm³/mol. The fraction of sp³-hybridized carbons (Fsp3) is 0.227. The summed E-state index contributed by atoms with van der Waals surface area (Å²) in [4.78, 5) is 28.8. The molecular formula is C22H22N6O3. The molecule has 0 N–H and O–H groups in total. The first kappa shape index (κ1) is 20.3. The van der Waals surface area contributed by atoms with Crippen molar-refractivity contribution in [2.45, 2.75) is 0 Å². The summed E-state index contributed by atoms with van der Waals surface area (Å²) >= 11 is 0. The Kier molecular flexibility index (Phi) is 6.02. The lowest BCUT2D eigenvalue weighted by Gasteiger charge is -2.34. The molecule has 0 atom stereocenters. The second-order valence-corrected chi connectivity index (χ2v) is 7.03. The monoisotopic (exact) mass is 418 g/mol. The minimum Gasteiger partial charge on any atom is -0.497 e. The normalized spacial score (nSPS) is 14.1. The Hall–Kier alpha value is -4.01. The third-order valence-electron chi connectivity index (χ3n) is 5.12. The third kappa shape index (κ3) is 4.77. The van der Waals surface area contributed by atoms with Gasteiger partial charge in [-0.1, -0.05) is 12.1 Å². The number of hydrogen-bond donors (Lipinski definition) is 0. The number of tetrazole rings is 1. The highest BCUT2D eigenvalue weighted by Crippen LogP contribution is 2.15. The molecule has 4 rings (SSSR count). The SMILES string of the molecule is COc1cccc(C=CC(=O)N2CCN(C(=O)c3ccc(-n4cnnn4)cc3)CC2)c1. The summed E-state index contributed by atoms with van der Waals surface area (Å²) in [6.45, 7) is 1.98. The number of carbonyl (C=O) groups excluding carboxylic acids is 2. The van der Waals surface area contributed by atoms with E-state index >= 15 is 0 Å². The van der Waals surface area contributed by atoms with E-state index < -0.39 is 0 Å². The lowest BCUT2D eigenvalue weighted by molar-refractivity contribution is -0.127. The van der Waals surface area contributed by atoms with E-state index in [9.17, 15) is 9.59 Å². The van der Waals surface area contributed by atoms with Crippen LogP contribution in [0.25, 0.3) is 11.8 Å². The Morgan fingerprint density at radius 2 is 1.74 bits per heavy atom. The van der Waals surface area contributed by atoms with Crippen LogP contribution in [0, 0.1) is 0 Å². The van der Waals surface area contributed by atoms with E-state index in [1.165, 1.54) is 11.0 Å². The zero-order chi connectivity index (χ0) is 21.6. The minimum atomic E-state index is -0.0688. The average molecular weight is 418 g/mol. The Morgan fingerprint density at radius 3 is 2.42 bits per heavy atom. The van der Waals surface area contributed by atoms with Gasteiger partial charge in [0.2, 0.25) is 5.91 Å². The molecule has 0 unspecified atom stereocenters. The number of piperazine rings is 1. The molecule has 0 aliphatic carbocycles. The zero-order valence-electron chi connectivity index (χ0n) is 17.1. The quantitative estimate of drug-likeness (QED) is 0.585. The summed E-state index contributed by atoms with van der Waals surface area (Å²) in [5.41, 5.74) is 2.26. The van der Waals surface area contributed by atoms with Gasteiger partial charge in [0.25, 0.3) is 5.91 Å². The fourth-order valence-electron chi connectivity index (χ4n) is 3.37. The average Bonchev–Trinajstić information content (AvgIpc) is 3.37. The number of rotatable bonds is 5. The highest BCUT2D eigenvalue weighted by atomic mass is 16.5. The molecule has 9 nitrogen and oxygen atoms in total. The number of carbonyl (C=O) groups is 2. The summed E-state index contributed by atoms with van der Waals surface area (Å²) in [5.74, 6) is 0.621. The van der Waals surface area contributed by atoms with Gasteiger partial charge in [0.1, 0.15) is 12.1 Å². The van der Waals surface area contributed by atoms with Gasteiger partial charge in [-0.25, -0.2) is 4.68 Å². The molecule has 2 aromatic carbocycles. The number of hydrogen-bond acceptors (Lipinski definition) is 6. The smallest absolute Gasteiger partial charge is 0.253 e. The first-order valence-corrected chi connectivity index (χ1v) is 9.88. The molecular weight excluding hydrogens is 396 g/mol. The van der Waals surface area contributed by atoms with Crippen LogP contribution in [0.3, 0.4) is 0 Å². The van der Waals surface area contributed by atoms with Gasteiger partial charge < -0.3 is 14.5 Å². The van der Waals surface area contributed by atoms with E-state index in [1.807, 2.05) is 24.3 Å². The molecule has 0 spiro atoms. The molecule has 0 bridgehead atoms. The molecule has 0 saturated carbocycles. The number of aromatic nitrogens is 4. The maximum Gasteiger partial charge on any atom is 0.253 e. The van der Waals surface area contributed by atoms with Crippen LogP contribution in [0.2, 0.25) is 0 Å². The fourth-order valence-corrected chi connectivity index (χ4v) is 3.37. The summed E-state index contributed by atoms with van der Waals surface area (Å²) < 4.78 is 6.72. The Balaban J connectivity index is 1.32. The first-order chi connectivity index (χ1) is 15.1. The van der Waals surface area contributed by atoms with Crippen molar-refractivity contribution in [2.75, 3.05) is 33.3 Å². The van der Waals surface area contributed by atoms with E-state index in [0.29, 0.717) is 31.7 Å². The highest BCUT2D eigenvalue weighted by Gasteiger charge is 2.24. The van der Waals surface area contributed by atoms with Crippen LogP contribution in [0.15, 0.2) is 60.9 Å². The van der Waals surface area contributed by atoms with Gasteiger partial charge >= 0.3 is 0 Å². The van der Waals surface area contributed by atoms with Crippen LogP contribution in [0.5, 0.6) is 5.75 Å². The van der Waals surface area contributed by atoms with E-state index in [1.54, 1.807) is 53.3 Å². The Labute approximate surface area is 179 Å². The molecule has 3 aromatic rings. The van der Waals surface area contributed by atoms with Gasteiger partial charge in [-0.2, -0.15) is 0 Å². The molecule has 1 aromatic heterocycles. The van der Waals surface area contributed by atoms with Gasteiger partial charge in [-0.15, -0.1) is 5.10 Å². The zero-order valence-corrected chi connectivity index (χ0v) is 17.1. The molecule has 1 fully saturated rings. The van der Waals surface area contributed by atoms with Gasteiger partial charge in [0.15, 0.2) is 0 Å². The summed E-state index contributed by atoms with van der Waals surface area (Å²) in [5, 5.41) is 11.0. The molecule has 2 heterocycles. The topological polar surface area (TPSA) is 93.5 Å². The molecule has 1 saturated heterocycles. The lowest BCUT2D eigenvalue weighted by atomic mass is 10.1. The highest BCUT2D eigenvalue weighted by molar-refractivity contribution is 5.95. The van der Waals surface area contributed by atoms with Crippen molar-refractivity contribution < 1.29 is 14.3 Å². The second-order valence-electron chi connectivity index (χ2n) is 7.03. The van der Waals surface area contributed by atoms with Crippen molar-refractivity contribution in [2.24, 2.45) is 0 Å². The van der Waals surface area contributed by atoms with Crippen LogP contribution in [0.4, 0.5) is 0 Å². The number of ether oxygens (including phenoxy) is 1. The van der Waals surface area contributed by atoms with Crippen LogP contribution < -0.4 is 4.74 Å². The van der Waals surface area contributed by atoms with E-state index in [2.05, 4.69) is 15.5 Å². The number of amides is 2. The van der Waals surface area contributed by atoms with Gasteiger partial charge in [0, 0.05) is 37.8 Å². The molecule has 1 aliphatic rings. The molecule has 9 heteroatoms. The maximum absolute atomic E-state index is 12.8. The third-order valence-corrected chi connectivity index (χ3v) is 5.12. The standard InChI is InChI=1S/C22H22N6O3/c1-31-20-4-2-3-17(15-20)5-10-21(29)26-11-13-27(14-12-26)22(30)18-6-8-19(9-7-18)28-16-23-24-25-28/h2-10,15-16H,11-14H2,1H3. The largest absolute Gasteiger partial charge is 0.497 e. The summed E-state index contributed by atoms with van der Waals surface area (Å²) in [6, 6.07) is 14.6. The molecule has 2 amide bonds. The van der Waals surface area contributed by atoms with Gasteiger partial charge in [-0.3, -0.25) is 9.59 Å². The number of nitrogens with zero attached hydrogens (tertiary/aromatic N) is 6. The van der Waals surface area contributed by atoms with E-state index in [0.717, 1.165) is 17.0 Å². The van der Waals surface area contributed by atoms with Crippen LogP contribution in [0.1, 0.15) is 15.9 Å². The van der Waals surface area contributed by atoms with Crippen molar-refractivity contribution in [3.05, 3.63) is 72.1 Å². The summed E-state index contributed by atoms with van der Waals surface area (Å²) in [6.07, 6.45) is 4.83. The van der Waals surface area contributed by atoms with Crippen LogP contribution >= 0.6 is 0 Å². The van der Waals surface area contributed by atoms with Crippen molar-refractivity contribution in [1.29, 1.82) is 0 Å². The maximum atomic E-state index is 12.8. The van der Waals surface area contributed by atoms with Crippen LogP contribution in [-0.4, -0.2) is 75.1 Å². The molecule has 0 radical (unpaired) electrons. The lowest BCUT2D eigenvalue weighted by Crippen LogP contribution is -2.50. The van der Waals surface area contributed by atoms with E-state index in [-0.39, 0.29) is 11.8 Å². The number of methoxy groups -OCH3 is 1. The first-order valence-electron chi connectivity index (χ1n) is 9.88. The van der Waals surface area contributed by atoms with E-state index in [4.69, 9.17) is 4.74 Å². The Bertz CT molecular complexity index is 1070. The van der Waals surface area contributed by atoms with Gasteiger partial charge in [-0.05, 0) is 58.5 Å². The van der Waals surface area contributed by atoms with Crippen molar-refractivity contribution in [3.63, 3.8) is 0 Å². The predicted octanol–water partition coefficient (Wildman–Crippen LogP) is 1.67. The van der Waals surface area contributed by atoms with Crippen molar-refractivity contribution in [3.8, 4) is 11.4 Å². The van der Waals surface area contributed by atoms with Crippen molar-refractivity contribution in [1.82, 2.24) is 30.0 Å². The Morgan fingerprint density at radius 1 is 1.00 bits per heavy atom. The van der Waals surface area contributed by atoms with Crippen LogP contribution in [-0.2, 0) is 4.79 Å². The summed E-state index contributed by atoms with van der Waals surface area (Å²) in [7, 11) is 1.61. The number of benzene rings is 2. The molecule has 31 heavy (non-hydrogen) atoms. The molecule has 158 valence electrons. The minimum absolute atomic E-state index is 0.0534.